The van der Waals surface area contributed by atoms with Crippen LogP contribution in [0.5, 0.6) is 0 Å². The summed E-state index contributed by atoms with van der Waals surface area (Å²) in [6.45, 7) is 1.89. The highest BCUT2D eigenvalue weighted by atomic mass is 35.5. The summed E-state index contributed by atoms with van der Waals surface area (Å²) in [6.07, 6.45) is 1.29. The van der Waals surface area contributed by atoms with E-state index >= 15 is 0 Å². The predicted octanol–water partition coefficient (Wildman–Crippen LogP) is 4.14. The van der Waals surface area contributed by atoms with Gasteiger partial charge in [0.15, 0.2) is 0 Å². The van der Waals surface area contributed by atoms with Crippen LogP contribution in [-0.2, 0) is 0 Å². The summed E-state index contributed by atoms with van der Waals surface area (Å²) >= 11 is 11.8. The van der Waals surface area contributed by atoms with Crippen molar-refractivity contribution in [1.29, 1.82) is 0 Å². The summed E-state index contributed by atoms with van der Waals surface area (Å²) in [7, 11) is 0. The molecule has 0 amide bonds. The van der Waals surface area contributed by atoms with Gasteiger partial charge < -0.3 is 10.4 Å². The summed E-state index contributed by atoms with van der Waals surface area (Å²) in [5, 5.41) is 12.6. The van der Waals surface area contributed by atoms with Crippen molar-refractivity contribution in [3.8, 4) is 0 Å². The van der Waals surface area contributed by atoms with Crippen molar-refractivity contribution in [3.05, 3.63) is 51.6 Å². The molecule has 0 fully saturated rings. The third-order valence-corrected chi connectivity index (χ3v) is 3.18. The maximum atomic E-state index is 11.0. The van der Waals surface area contributed by atoms with Crippen molar-refractivity contribution in [3.63, 3.8) is 0 Å². The molecule has 0 bridgehead atoms. The minimum atomic E-state index is -1.11. The molecule has 0 radical (unpaired) electrons. The fraction of sp³-hybridized carbons (Fsp3) is 0.0769. The van der Waals surface area contributed by atoms with Crippen molar-refractivity contribution in [2.75, 3.05) is 5.32 Å². The Morgan fingerprint density at radius 1 is 1.32 bits per heavy atom. The van der Waals surface area contributed by atoms with E-state index in [1.165, 1.54) is 12.3 Å². The molecule has 0 saturated carbocycles. The van der Waals surface area contributed by atoms with E-state index in [2.05, 4.69) is 10.3 Å². The van der Waals surface area contributed by atoms with E-state index in [0.717, 1.165) is 5.56 Å². The normalized spacial score (nSPS) is 10.3. The second kappa shape index (κ2) is 5.47. The van der Waals surface area contributed by atoms with Crippen molar-refractivity contribution in [2.45, 2.75) is 6.92 Å². The molecule has 0 atom stereocenters. The Morgan fingerprint density at radius 2 is 2.05 bits per heavy atom. The van der Waals surface area contributed by atoms with Gasteiger partial charge in [-0.15, -0.1) is 0 Å². The molecule has 0 spiro atoms. The van der Waals surface area contributed by atoms with Crippen LogP contribution >= 0.6 is 23.2 Å². The Kier molecular flexibility index (Phi) is 3.93. The van der Waals surface area contributed by atoms with E-state index in [9.17, 15) is 4.79 Å². The Hall–Kier alpha value is -1.78. The second-order valence-corrected chi connectivity index (χ2v) is 4.73. The molecule has 0 saturated heterocycles. The minimum absolute atomic E-state index is 0.0103. The minimum Gasteiger partial charge on any atom is -0.478 e. The van der Waals surface area contributed by atoms with Gasteiger partial charge in [0.25, 0.3) is 0 Å². The van der Waals surface area contributed by atoms with Gasteiger partial charge >= 0.3 is 5.97 Å². The van der Waals surface area contributed by atoms with E-state index in [1.54, 1.807) is 6.07 Å². The summed E-state index contributed by atoms with van der Waals surface area (Å²) in [4.78, 5) is 15.0. The average Bonchev–Trinajstić information content (AvgIpc) is 2.35. The fourth-order valence-electron chi connectivity index (χ4n) is 1.59. The van der Waals surface area contributed by atoms with Crippen LogP contribution in [0.2, 0.25) is 10.0 Å². The SMILES string of the molecule is Cc1cccc(Cl)c1Nc1cc(C(=O)O)c(Cl)cn1. The number of para-hydroxylation sites is 1. The van der Waals surface area contributed by atoms with Gasteiger partial charge in [0.05, 0.1) is 21.3 Å². The highest BCUT2D eigenvalue weighted by molar-refractivity contribution is 6.34. The van der Waals surface area contributed by atoms with E-state index in [4.69, 9.17) is 28.3 Å². The number of carboxylic acid groups (broad SMARTS) is 1. The van der Waals surface area contributed by atoms with Crippen molar-refractivity contribution < 1.29 is 9.90 Å². The van der Waals surface area contributed by atoms with Crippen LogP contribution < -0.4 is 5.32 Å². The number of hydrogen-bond acceptors (Lipinski definition) is 3. The first-order valence-corrected chi connectivity index (χ1v) is 6.15. The fourth-order valence-corrected chi connectivity index (χ4v) is 2.04. The molecule has 1 heterocycles. The van der Waals surface area contributed by atoms with Crippen LogP contribution in [0.4, 0.5) is 11.5 Å². The molecule has 2 N–H and O–H groups in total. The van der Waals surface area contributed by atoms with Crippen molar-refractivity contribution in [1.82, 2.24) is 4.98 Å². The highest BCUT2D eigenvalue weighted by Gasteiger charge is 2.11. The largest absolute Gasteiger partial charge is 0.478 e. The molecule has 2 rings (SSSR count). The van der Waals surface area contributed by atoms with E-state index in [-0.39, 0.29) is 10.6 Å². The smallest absolute Gasteiger partial charge is 0.337 e. The topological polar surface area (TPSA) is 62.2 Å². The van der Waals surface area contributed by atoms with Crippen LogP contribution in [0.3, 0.4) is 0 Å². The van der Waals surface area contributed by atoms with Crippen LogP contribution in [0.1, 0.15) is 15.9 Å². The number of pyridine rings is 1. The molecule has 0 unspecified atom stereocenters. The average molecular weight is 297 g/mol. The Bertz CT molecular complexity index is 624. The lowest BCUT2D eigenvalue weighted by molar-refractivity contribution is 0.0697. The molecule has 0 aliphatic heterocycles. The van der Waals surface area contributed by atoms with Gasteiger partial charge in [-0.2, -0.15) is 0 Å². The zero-order valence-corrected chi connectivity index (χ0v) is 11.5. The summed E-state index contributed by atoms with van der Waals surface area (Å²) in [5.41, 5.74) is 1.61. The standard InChI is InChI=1S/C13H10Cl2N2O2/c1-7-3-2-4-9(14)12(7)17-11-5-8(13(18)19)10(15)6-16-11/h2-6H,1H3,(H,16,17)(H,18,19). The number of aromatic carboxylic acids is 1. The van der Waals surface area contributed by atoms with Crippen LogP contribution in [0.25, 0.3) is 0 Å². The van der Waals surface area contributed by atoms with E-state index in [1.807, 2.05) is 19.1 Å². The van der Waals surface area contributed by atoms with Gasteiger partial charge in [-0.25, -0.2) is 9.78 Å². The van der Waals surface area contributed by atoms with Gasteiger partial charge in [0.2, 0.25) is 0 Å². The van der Waals surface area contributed by atoms with Crippen LogP contribution in [0.15, 0.2) is 30.5 Å². The van der Waals surface area contributed by atoms with Crippen LogP contribution in [-0.4, -0.2) is 16.1 Å². The number of aromatic nitrogens is 1. The highest BCUT2D eigenvalue weighted by Crippen LogP contribution is 2.29. The first-order valence-electron chi connectivity index (χ1n) is 5.40. The summed E-state index contributed by atoms with van der Waals surface area (Å²) in [6, 6.07) is 6.83. The van der Waals surface area contributed by atoms with Gasteiger partial charge in [0.1, 0.15) is 5.82 Å². The van der Waals surface area contributed by atoms with Crippen LogP contribution in [0, 0.1) is 6.92 Å². The third-order valence-electron chi connectivity index (χ3n) is 2.56. The third kappa shape index (κ3) is 2.97. The molecule has 2 aromatic rings. The van der Waals surface area contributed by atoms with Crippen molar-refractivity contribution >= 4 is 40.7 Å². The molecule has 19 heavy (non-hydrogen) atoms. The maximum absolute atomic E-state index is 11.0. The number of nitrogens with zero attached hydrogens (tertiary/aromatic N) is 1. The van der Waals surface area contributed by atoms with Gasteiger partial charge in [0, 0.05) is 6.20 Å². The first kappa shape index (κ1) is 13.6. The Labute approximate surface area is 120 Å². The number of benzene rings is 1. The molecule has 4 nitrogen and oxygen atoms in total. The molecule has 1 aromatic carbocycles. The number of nitrogens with one attached hydrogen (secondary N) is 1. The number of carboxylic acids is 1. The summed E-state index contributed by atoms with van der Waals surface area (Å²) in [5.74, 6) is -0.732. The quantitative estimate of drug-likeness (QED) is 0.893. The number of carbonyl (C=O) groups is 1. The number of rotatable bonds is 3. The van der Waals surface area contributed by atoms with Gasteiger partial charge in [-0.1, -0.05) is 35.3 Å². The number of hydrogen-bond donors (Lipinski definition) is 2. The van der Waals surface area contributed by atoms with E-state index in [0.29, 0.717) is 16.5 Å². The maximum Gasteiger partial charge on any atom is 0.337 e. The number of aryl methyl sites for hydroxylation is 1. The lowest BCUT2D eigenvalue weighted by Crippen LogP contribution is -2.02. The molecule has 98 valence electrons. The number of anilines is 2. The van der Waals surface area contributed by atoms with Crippen molar-refractivity contribution in [2.24, 2.45) is 0 Å². The zero-order chi connectivity index (χ0) is 14.0. The molecular formula is C13H10Cl2N2O2. The zero-order valence-electron chi connectivity index (χ0n) is 9.95. The Balaban J connectivity index is 2.39. The molecule has 0 aliphatic carbocycles. The van der Waals surface area contributed by atoms with Gasteiger partial charge in [-0.05, 0) is 24.6 Å². The van der Waals surface area contributed by atoms with E-state index < -0.39 is 5.97 Å². The number of halogens is 2. The molecule has 6 heteroatoms. The molecule has 0 aliphatic rings. The lowest BCUT2D eigenvalue weighted by atomic mass is 10.2. The molecule has 1 aromatic heterocycles. The first-order chi connectivity index (χ1) is 8.99. The monoisotopic (exact) mass is 296 g/mol. The Morgan fingerprint density at radius 3 is 2.68 bits per heavy atom. The second-order valence-electron chi connectivity index (χ2n) is 3.91. The summed E-state index contributed by atoms with van der Waals surface area (Å²) < 4.78 is 0. The predicted molar refractivity (Wildman–Crippen MR) is 75.7 cm³/mol. The van der Waals surface area contributed by atoms with Gasteiger partial charge in [-0.3, -0.25) is 0 Å². The molecular weight excluding hydrogens is 287 g/mol. The lowest BCUT2D eigenvalue weighted by Gasteiger charge is -2.11.